The quantitative estimate of drug-likeness (QED) is 0.667. The molecule has 22 heavy (non-hydrogen) atoms. The minimum atomic E-state index is -4.38. The first-order valence-corrected chi connectivity index (χ1v) is 9.91. The molecule has 10 heteroatoms. The smallest absolute Gasteiger partial charge is 0.324 e. The van der Waals surface area contributed by atoms with Gasteiger partial charge in [0.05, 0.1) is 12.8 Å². The van der Waals surface area contributed by atoms with Crippen LogP contribution >= 0.6 is 7.60 Å². The summed E-state index contributed by atoms with van der Waals surface area (Å²) in [4.78, 5) is 31.4. The fraction of sp³-hybridized carbons (Fsp3) is 0.417. The van der Waals surface area contributed by atoms with E-state index < -0.39 is 36.4 Å². The first-order valence-electron chi connectivity index (χ1n) is 6.26. The van der Waals surface area contributed by atoms with Crippen LogP contribution in [0.5, 0.6) is 0 Å². The predicted molar refractivity (Wildman–Crippen MR) is 81.4 cm³/mol. The number of hydrogen-bond donors (Lipinski definition) is 2. The van der Waals surface area contributed by atoms with Crippen LogP contribution in [0.25, 0.3) is 0 Å². The monoisotopic (exact) mass is 350 g/mol. The van der Waals surface area contributed by atoms with Gasteiger partial charge in [0.15, 0.2) is 0 Å². The van der Waals surface area contributed by atoms with Crippen LogP contribution in [0.3, 0.4) is 0 Å². The number of carbonyl (C=O) groups excluding carboxylic acids is 1. The average molecular weight is 350 g/mol. The molecule has 1 aromatic carbocycles. The molecule has 0 aromatic heterocycles. The molecule has 0 aliphatic rings. The third-order valence-corrected chi connectivity index (χ3v) is 4.81. The first-order chi connectivity index (χ1) is 9.99. The maximum atomic E-state index is 11.9. The minimum Gasteiger partial charge on any atom is -0.324 e. The van der Waals surface area contributed by atoms with Gasteiger partial charge in [-0.2, -0.15) is 0 Å². The van der Waals surface area contributed by atoms with E-state index in [1.54, 1.807) is 30.3 Å². The van der Waals surface area contributed by atoms with E-state index in [0.717, 1.165) is 18.9 Å². The molecule has 2 N–H and O–H groups in total. The Morgan fingerprint density at radius 1 is 1.23 bits per heavy atom. The summed E-state index contributed by atoms with van der Waals surface area (Å²) in [6.45, 7) is -0.293. The summed E-state index contributed by atoms with van der Waals surface area (Å²) in [6, 6.07) is 8.80. The van der Waals surface area contributed by atoms with E-state index in [-0.39, 0.29) is 6.54 Å². The van der Waals surface area contributed by atoms with Gasteiger partial charge in [-0.1, -0.05) is 30.3 Å². The van der Waals surface area contributed by atoms with Crippen LogP contribution in [0.4, 0.5) is 0 Å². The lowest BCUT2D eigenvalue weighted by Crippen LogP contribution is -2.41. The summed E-state index contributed by atoms with van der Waals surface area (Å²) in [6.07, 6.45) is 0.251. The molecule has 0 saturated carbocycles. The molecular weight excluding hydrogens is 331 g/mol. The van der Waals surface area contributed by atoms with Crippen molar-refractivity contribution in [2.75, 3.05) is 26.1 Å². The lowest BCUT2D eigenvalue weighted by Gasteiger charge is -2.24. The Morgan fingerprint density at radius 2 is 1.77 bits per heavy atom. The van der Waals surface area contributed by atoms with Crippen molar-refractivity contribution in [3.05, 3.63) is 35.9 Å². The molecule has 0 atom stereocenters. The number of benzene rings is 1. The number of rotatable bonds is 7. The highest BCUT2D eigenvalue weighted by Crippen LogP contribution is 2.35. The van der Waals surface area contributed by atoms with Crippen LogP contribution in [0.1, 0.15) is 5.56 Å². The molecule has 0 bridgehead atoms. The van der Waals surface area contributed by atoms with Gasteiger partial charge >= 0.3 is 7.60 Å². The highest BCUT2D eigenvalue weighted by Gasteiger charge is 2.25. The summed E-state index contributed by atoms with van der Waals surface area (Å²) in [5.41, 5.74) is 0.755. The maximum Gasteiger partial charge on any atom is 0.339 e. The van der Waals surface area contributed by atoms with E-state index in [4.69, 9.17) is 9.79 Å². The number of nitrogens with zero attached hydrogens (tertiary/aromatic N) is 2. The van der Waals surface area contributed by atoms with Crippen molar-refractivity contribution < 1.29 is 27.6 Å². The summed E-state index contributed by atoms with van der Waals surface area (Å²) < 4.78 is 34.4. The predicted octanol–water partition coefficient (Wildman–Crippen LogP) is 0.0418. The zero-order valence-corrected chi connectivity index (χ0v) is 14.0. The number of sulfonamides is 1. The molecule has 1 aromatic rings. The van der Waals surface area contributed by atoms with E-state index in [9.17, 15) is 17.8 Å². The fourth-order valence-electron chi connectivity index (χ4n) is 1.73. The van der Waals surface area contributed by atoms with Gasteiger partial charge in [0.2, 0.25) is 15.9 Å². The van der Waals surface area contributed by atoms with Crippen LogP contribution < -0.4 is 0 Å². The second kappa shape index (κ2) is 7.34. The third-order valence-electron chi connectivity index (χ3n) is 2.84. The van der Waals surface area contributed by atoms with E-state index in [1.807, 2.05) is 0 Å². The Kier molecular flexibility index (Phi) is 6.27. The van der Waals surface area contributed by atoms with Crippen molar-refractivity contribution in [3.8, 4) is 0 Å². The van der Waals surface area contributed by atoms with Gasteiger partial charge in [-0.15, -0.1) is 0 Å². The Bertz CT molecular complexity index is 657. The van der Waals surface area contributed by atoms with Crippen molar-refractivity contribution in [2.24, 2.45) is 0 Å². The largest absolute Gasteiger partial charge is 0.339 e. The molecule has 0 radical (unpaired) electrons. The summed E-state index contributed by atoms with van der Waals surface area (Å²) in [5, 5.41) is 0. The number of amides is 1. The van der Waals surface area contributed by atoms with Gasteiger partial charge < -0.3 is 9.79 Å². The van der Waals surface area contributed by atoms with E-state index >= 15 is 0 Å². The SMILES string of the molecule is CN(C(=O)CN(Cc1ccccc1)CP(=O)(O)O)S(C)(=O)=O. The normalized spacial score (nSPS) is 12.4. The summed E-state index contributed by atoms with van der Waals surface area (Å²) in [5.74, 6) is -0.758. The van der Waals surface area contributed by atoms with Gasteiger partial charge in [-0.25, -0.2) is 12.7 Å². The van der Waals surface area contributed by atoms with E-state index in [0.29, 0.717) is 4.31 Å². The van der Waals surface area contributed by atoms with Crippen molar-refractivity contribution in [1.82, 2.24) is 9.21 Å². The molecule has 124 valence electrons. The lowest BCUT2D eigenvalue weighted by molar-refractivity contribution is -0.126. The fourth-order valence-corrected chi connectivity index (χ4v) is 2.88. The molecule has 0 saturated heterocycles. The molecular formula is C12H19N2O6PS. The van der Waals surface area contributed by atoms with Crippen LogP contribution in [-0.4, -0.2) is 59.5 Å². The van der Waals surface area contributed by atoms with E-state index in [1.165, 1.54) is 4.90 Å². The van der Waals surface area contributed by atoms with Crippen molar-refractivity contribution in [3.63, 3.8) is 0 Å². The van der Waals surface area contributed by atoms with Gasteiger partial charge in [0, 0.05) is 13.6 Å². The molecule has 0 aliphatic carbocycles. The average Bonchev–Trinajstić information content (AvgIpc) is 2.35. The molecule has 1 amide bonds. The van der Waals surface area contributed by atoms with Gasteiger partial charge in [-0.05, 0) is 5.56 Å². The maximum absolute atomic E-state index is 11.9. The van der Waals surface area contributed by atoms with Crippen molar-refractivity contribution in [2.45, 2.75) is 6.54 Å². The van der Waals surface area contributed by atoms with Crippen LogP contribution in [-0.2, 0) is 25.9 Å². The van der Waals surface area contributed by atoms with Crippen LogP contribution in [0, 0.1) is 0 Å². The minimum absolute atomic E-state index is 0.120. The Morgan fingerprint density at radius 3 is 2.23 bits per heavy atom. The second-order valence-electron chi connectivity index (χ2n) is 4.90. The Balaban J connectivity index is 2.87. The number of hydrogen-bond acceptors (Lipinski definition) is 5. The third kappa shape index (κ3) is 6.67. The van der Waals surface area contributed by atoms with Crippen LogP contribution in [0.15, 0.2) is 30.3 Å². The highest BCUT2D eigenvalue weighted by atomic mass is 32.2. The molecule has 1 rings (SSSR count). The Labute approximate surface area is 129 Å². The lowest BCUT2D eigenvalue weighted by atomic mass is 10.2. The molecule has 0 heterocycles. The van der Waals surface area contributed by atoms with Gasteiger partial charge in [-0.3, -0.25) is 14.3 Å². The van der Waals surface area contributed by atoms with Gasteiger partial charge in [0.1, 0.15) is 6.29 Å². The topological polar surface area (TPSA) is 115 Å². The molecule has 8 nitrogen and oxygen atoms in total. The standard InChI is InChI=1S/C12H19N2O6PS/c1-13(22(2,19)20)12(15)9-14(10-21(16,17)18)8-11-6-4-3-5-7-11/h3-7H,8-10H2,1-2H3,(H2,16,17,18). The van der Waals surface area contributed by atoms with Crippen LogP contribution in [0.2, 0.25) is 0 Å². The Hall–Kier alpha value is -1.25. The molecule has 0 spiro atoms. The first kappa shape index (κ1) is 18.8. The van der Waals surface area contributed by atoms with Crippen molar-refractivity contribution in [1.29, 1.82) is 0 Å². The number of carbonyl (C=O) groups is 1. The van der Waals surface area contributed by atoms with Crippen molar-refractivity contribution >= 4 is 23.5 Å². The zero-order valence-electron chi connectivity index (χ0n) is 12.3. The molecule has 0 unspecified atom stereocenters. The summed E-state index contributed by atoms with van der Waals surface area (Å²) in [7, 11) is -6.97. The second-order valence-corrected chi connectivity index (χ2v) is 8.53. The summed E-state index contributed by atoms with van der Waals surface area (Å²) >= 11 is 0. The zero-order chi connectivity index (χ0) is 17.0. The number of likely N-dealkylation sites (N-methyl/N-ethyl adjacent to an activating group) is 1. The van der Waals surface area contributed by atoms with Gasteiger partial charge in [0.25, 0.3) is 0 Å². The molecule has 0 aliphatic heterocycles. The molecule has 0 fully saturated rings. The highest BCUT2D eigenvalue weighted by molar-refractivity contribution is 7.88. The van der Waals surface area contributed by atoms with E-state index in [2.05, 4.69) is 0 Å².